The lowest BCUT2D eigenvalue weighted by atomic mass is 9.87. The average molecular weight is 236 g/mol. The van der Waals surface area contributed by atoms with Gasteiger partial charge in [-0.15, -0.1) is 0 Å². The van der Waals surface area contributed by atoms with Gasteiger partial charge in [-0.3, -0.25) is 9.59 Å². The summed E-state index contributed by atoms with van der Waals surface area (Å²) in [5, 5.41) is 0. The minimum absolute atomic E-state index is 0.0219. The Balaban J connectivity index is 2.23. The number of carbonyl (C=O) groups is 2. The van der Waals surface area contributed by atoms with Gasteiger partial charge < -0.3 is 0 Å². The normalized spacial score (nSPS) is 14.4. The zero-order chi connectivity index (χ0) is 12.5. The molecule has 1 aliphatic carbocycles. The second kappa shape index (κ2) is 4.22. The molecule has 2 nitrogen and oxygen atoms in total. The van der Waals surface area contributed by atoms with Crippen molar-refractivity contribution in [1.29, 1.82) is 0 Å². The van der Waals surface area contributed by atoms with Gasteiger partial charge in [0.15, 0.2) is 5.78 Å². The average Bonchev–Trinajstić information content (AvgIpc) is 2.38. The summed E-state index contributed by atoms with van der Waals surface area (Å²) in [4.78, 5) is 24.4. The van der Waals surface area contributed by atoms with Crippen LogP contribution in [0.15, 0.2) is 48.5 Å². The van der Waals surface area contributed by atoms with Crippen molar-refractivity contribution in [3.63, 3.8) is 0 Å². The first-order valence-corrected chi connectivity index (χ1v) is 5.98. The summed E-state index contributed by atoms with van der Waals surface area (Å²) in [7, 11) is 0. The van der Waals surface area contributed by atoms with E-state index in [1.54, 1.807) is 12.1 Å². The fraction of sp³-hybridized carbons (Fsp3) is 0.125. The smallest absolute Gasteiger partial charge is 0.193 e. The Hall–Kier alpha value is -2.22. The molecule has 0 aliphatic heterocycles. The molecule has 0 unspecified atom stereocenters. The van der Waals surface area contributed by atoms with E-state index in [0.29, 0.717) is 24.0 Å². The summed E-state index contributed by atoms with van der Waals surface area (Å²) in [6, 6.07) is 14.7. The molecule has 88 valence electrons. The highest BCUT2D eigenvalue weighted by Gasteiger charge is 2.21. The van der Waals surface area contributed by atoms with Crippen LogP contribution in [0.25, 0.3) is 0 Å². The van der Waals surface area contributed by atoms with Crippen LogP contribution in [-0.2, 0) is 17.6 Å². The van der Waals surface area contributed by atoms with Crippen molar-refractivity contribution in [2.24, 2.45) is 0 Å². The van der Waals surface area contributed by atoms with Crippen LogP contribution >= 0.6 is 0 Å². The number of carbonyl (C=O) groups excluding carboxylic acids is 2. The quantitative estimate of drug-likeness (QED) is 0.704. The van der Waals surface area contributed by atoms with Gasteiger partial charge in [0.25, 0.3) is 0 Å². The van der Waals surface area contributed by atoms with Crippen LogP contribution in [0.4, 0.5) is 0 Å². The lowest BCUT2D eigenvalue weighted by molar-refractivity contribution is -0.117. The van der Waals surface area contributed by atoms with Gasteiger partial charge in [-0.25, -0.2) is 0 Å². The van der Waals surface area contributed by atoms with E-state index in [-0.39, 0.29) is 11.6 Å². The molecule has 2 aromatic rings. The van der Waals surface area contributed by atoms with E-state index in [4.69, 9.17) is 0 Å². The predicted octanol–water partition coefficient (Wildman–Crippen LogP) is 2.59. The third-order valence-electron chi connectivity index (χ3n) is 3.30. The van der Waals surface area contributed by atoms with Crippen molar-refractivity contribution < 1.29 is 9.59 Å². The summed E-state index contributed by atoms with van der Waals surface area (Å²) in [5.41, 5.74) is 2.97. The highest BCUT2D eigenvalue weighted by molar-refractivity contribution is 6.12. The molecule has 0 bridgehead atoms. The largest absolute Gasteiger partial charge is 0.299 e. The van der Waals surface area contributed by atoms with Crippen LogP contribution in [0, 0.1) is 0 Å². The summed E-state index contributed by atoms with van der Waals surface area (Å²) < 4.78 is 0. The molecule has 0 spiro atoms. The molecule has 0 amide bonds. The standard InChI is InChI=1S/C16H12O2/c17-13-9-11-5-1-3-7-14(11)16(18)15-8-4-2-6-12(15)10-13/h1-8H,9-10H2. The molecule has 0 fully saturated rings. The van der Waals surface area contributed by atoms with Gasteiger partial charge in [0, 0.05) is 24.0 Å². The van der Waals surface area contributed by atoms with E-state index < -0.39 is 0 Å². The van der Waals surface area contributed by atoms with E-state index >= 15 is 0 Å². The zero-order valence-electron chi connectivity index (χ0n) is 9.85. The number of hydrogen-bond donors (Lipinski definition) is 0. The number of rotatable bonds is 0. The van der Waals surface area contributed by atoms with Crippen LogP contribution in [0.1, 0.15) is 27.0 Å². The molecule has 0 radical (unpaired) electrons. The van der Waals surface area contributed by atoms with Crippen molar-refractivity contribution in [2.75, 3.05) is 0 Å². The second-order valence-corrected chi connectivity index (χ2v) is 4.54. The zero-order valence-corrected chi connectivity index (χ0v) is 9.85. The first-order chi connectivity index (χ1) is 8.75. The van der Waals surface area contributed by atoms with Crippen molar-refractivity contribution >= 4 is 11.6 Å². The SMILES string of the molecule is O=C1Cc2ccccc2C(=O)c2ccccc2C1. The summed E-state index contributed by atoms with van der Waals surface area (Å²) >= 11 is 0. The Morgan fingerprint density at radius 2 is 1.11 bits per heavy atom. The number of Topliss-reactive ketones (excluding diaryl/α,β-unsaturated/α-hetero) is 1. The van der Waals surface area contributed by atoms with Crippen molar-refractivity contribution in [3.8, 4) is 0 Å². The molecular formula is C16H12O2. The van der Waals surface area contributed by atoms with Crippen LogP contribution in [-0.4, -0.2) is 11.6 Å². The van der Waals surface area contributed by atoms with Crippen LogP contribution in [0.2, 0.25) is 0 Å². The minimum atomic E-state index is 0.0219. The predicted molar refractivity (Wildman–Crippen MR) is 68.7 cm³/mol. The van der Waals surface area contributed by atoms with Gasteiger partial charge >= 0.3 is 0 Å². The summed E-state index contributed by atoms with van der Waals surface area (Å²) in [6.07, 6.45) is 0.687. The minimum Gasteiger partial charge on any atom is -0.299 e. The third-order valence-corrected chi connectivity index (χ3v) is 3.30. The Labute approximate surface area is 105 Å². The van der Waals surface area contributed by atoms with Gasteiger partial charge in [-0.05, 0) is 11.1 Å². The highest BCUT2D eigenvalue weighted by atomic mass is 16.1. The van der Waals surface area contributed by atoms with Crippen molar-refractivity contribution in [3.05, 3.63) is 70.8 Å². The molecular weight excluding hydrogens is 224 g/mol. The Bertz CT molecular complexity index is 588. The molecule has 0 saturated carbocycles. The maximum Gasteiger partial charge on any atom is 0.193 e. The van der Waals surface area contributed by atoms with E-state index in [9.17, 15) is 9.59 Å². The number of benzene rings is 2. The first-order valence-electron chi connectivity index (χ1n) is 5.98. The molecule has 0 atom stereocenters. The molecule has 3 rings (SSSR count). The van der Waals surface area contributed by atoms with Crippen LogP contribution < -0.4 is 0 Å². The topological polar surface area (TPSA) is 34.1 Å². The monoisotopic (exact) mass is 236 g/mol. The fourth-order valence-corrected chi connectivity index (χ4v) is 2.42. The van der Waals surface area contributed by atoms with Crippen molar-refractivity contribution in [2.45, 2.75) is 12.8 Å². The summed E-state index contributed by atoms with van der Waals surface area (Å²) in [5.74, 6) is 0.177. The second-order valence-electron chi connectivity index (χ2n) is 4.54. The molecule has 0 aromatic heterocycles. The van der Waals surface area contributed by atoms with Crippen LogP contribution in [0.3, 0.4) is 0 Å². The van der Waals surface area contributed by atoms with Gasteiger partial charge in [0.05, 0.1) is 0 Å². The van der Waals surface area contributed by atoms with Crippen LogP contribution in [0.5, 0.6) is 0 Å². The lowest BCUT2D eigenvalue weighted by Crippen LogP contribution is -2.18. The molecule has 0 saturated heterocycles. The van der Waals surface area contributed by atoms with Gasteiger partial charge in [0.1, 0.15) is 5.78 Å². The Kier molecular flexibility index (Phi) is 2.56. The lowest BCUT2D eigenvalue weighted by Gasteiger charge is -2.15. The maximum atomic E-state index is 12.5. The van der Waals surface area contributed by atoms with Gasteiger partial charge in [-0.2, -0.15) is 0 Å². The van der Waals surface area contributed by atoms with Gasteiger partial charge in [-0.1, -0.05) is 48.5 Å². The molecule has 0 N–H and O–H groups in total. The van der Waals surface area contributed by atoms with E-state index in [2.05, 4.69) is 0 Å². The molecule has 1 aliphatic rings. The number of ketones is 2. The van der Waals surface area contributed by atoms with E-state index in [1.165, 1.54) is 0 Å². The van der Waals surface area contributed by atoms with E-state index in [0.717, 1.165) is 11.1 Å². The first kappa shape index (κ1) is 10.9. The maximum absolute atomic E-state index is 12.5. The summed E-state index contributed by atoms with van der Waals surface area (Å²) in [6.45, 7) is 0. The van der Waals surface area contributed by atoms with E-state index in [1.807, 2.05) is 36.4 Å². The molecule has 18 heavy (non-hydrogen) atoms. The van der Waals surface area contributed by atoms with Crippen molar-refractivity contribution in [1.82, 2.24) is 0 Å². The number of hydrogen-bond acceptors (Lipinski definition) is 2. The highest BCUT2D eigenvalue weighted by Crippen LogP contribution is 2.22. The number of fused-ring (bicyclic) bond motifs is 2. The Morgan fingerprint density at radius 3 is 1.61 bits per heavy atom. The Morgan fingerprint density at radius 1 is 0.667 bits per heavy atom. The molecule has 2 heteroatoms. The molecule has 0 heterocycles. The molecule has 2 aromatic carbocycles. The van der Waals surface area contributed by atoms with Gasteiger partial charge in [0.2, 0.25) is 0 Å². The fourth-order valence-electron chi connectivity index (χ4n) is 2.42. The third kappa shape index (κ3) is 1.76.